The Kier molecular flexibility index (Phi) is 3.81. The van der Waals surface area contributed by atoms with E-state index < -0.39 is 11.9 Å². The molecule has 2 aromatic heterocycles. The van der Waals surface area contributed by atoms with Gasteiger partial charge in [0.15, 0.2) is 11.5 Å². The van der Waals surface area contributed by atoms with E-state index in [0.717, 1.165) is 37.3 Å². The largest absolute Gasteiger partial charge is 0.435 e. The fourth-order valence-corrected chi connectivity index (χ4v) is 3.24. The highest BCUT2D eigenvalue weighted by Gasteiger charge is 2.35. The van der Waals surface area contributed by atoms with E-state index in [1.165, 1.54) is 16.9 Å². The van der Waals surface area contributed by atoms with Gasteiger partial charge >= 0.3 is 6.18 Å². The summed E-state index contributed by atoms with van der Waals surface area (Å²) in [6.45, 7) is 1.60. The maximum absolute atomic E-state index is 12.8. The van der Waals surface area contributed by atoms with Crippen molar-refractivity contribution in [2.45, 2.75) is 19.0 Å². The summed E-state index contributed by atoms with van der Waals surface area (Å²) in [6.07, 6.45) is 0.514. The minimum atomic E-state index is -4.44. The molecule has 8 heteroatoms. The number of alkyl halides is 4. The molecule has 4 nitrogen and oxygen atoms in total. The first-order valence-corrected chi connectivity index (χ1v) is 7.83. The molecule has 2 aromatic rings. The van der Waals surface area contributed by atoms with Crippen molar-refractivity contribution in [1.29, 1.82) is 0 Å². The van der Waals surface area contributed by atoms with E-state index in [2.05, 4.69) is 26.0 Å². The van der Waals surface area contributed by atoms with Crippen LogP contribution in [0.15, 0.2) is 18.5 Å². The van der Waals surface area contributed by atoms with Gasteiger partial charge in [-0.25, -0.2) is 9.50 Å². The van der Waals surface area contributed by atoms with Crippen molar-refractivity contribution in [3.63, 3.8) is 0 Å². The Morgan fingerprint density at radius 3 is 2.62 bits per heavy atom. The predicted molar refractivity (Wildman–Crippen MR) is 76.7 cm³/mol. The molecule has 1 fully saturated rings. The number of halogens is 4. The summed E-state index contributed by atoms with van der Waals surface area (Å²) in [5, 5.41) is 4.55. The molecule has 0 saturated carbocycles. The second-order valence-electron chi connectivity index (χ2n) is 5.19. The van der Waals surface area contributed by atoms with Gasteiger partial charge in [-0.05, 0) is 18.8 Å². The zero-order valence-electron chi connectivity index (χ0n) is 11.1. The van der Waals surface area contributed by atoms with E-state index in [1.807, 2.05) is 4.90 Å². The molecule has 1 saturated heterocycles. The Morgan fingerprint density at radius 2 is 2.00 bits per heavy atom. The van der Waals surface area contributed by atoms with Gasteiger partial charge in [-0.15, -0.1) is 0 Å². The van der Waals surface area contributed by atoms with E-state index in [0.29, 0.717) is 17.3 Å². The lowest BCUT2D eigenvalue weighted by molar-refractivity contribution is -0.141. The third-order valence-electron chi connectivity index (χ3n) is 3.79. The second kappa shape index (κ2) is 5.47. The smallest absolute Gasteiger partial charge is 0.355 e. The molecule has 21 heavy (non-hydrogen) atoms. The number of hydrogen-bond donors (Lipinski definition) is 0. The fourth-order valence-electron chi connectivity index (χ4n) is 2.59. The van der Waals surface area contributed by atoms with E-state index in [9.17, 15) is 13.2 Å². The monoisotopic (exact) mass is 362 g/mol. The number of rotatable bonds is 2. The first-order chi connectivity index (χ1) is 9.99. The quantitative estimate of drug-likeness (QED) is 0.768. The van der Waals surface area contributed by atoms with Crippen molar-refractivity contribution in [3.8, 4) is 0 Å². The van der Waals surface area contributed by atoms with Crippen molar-refractivity contribution >= 4 is 27.3 Å². The van der Waals surface area contributed by atoms with E-state index in [1.54, 1.807) is 0 Å². The van der Waals surface area contributed by atoms with Crippen LogP contribution < -0.4 is 4.90 Å². The molecular formula is C13H14BrF3N4. The molecule has 0 amide bonds. The Balaban J connectivity index is 1.94. The van der Waals surface area contributed by atoms with Crippen LogP contribution in [0.2, 0.25) is 0 Å². The van der Waals surface area contributed by atoms with E-state index >= 15 is 0 Å². The van der Waals surface area contributed by atoms with Crippen LogP contribution in [0.1, 0.15) is 18.5 Å². The highest BCUT2D eigenvalue weighted by molar-refractivity contribution is 9.09. The molecule has 0 atom stereocenters. The molecule has 3 rings (SSSR count). The summed E-state index contributed by atoms with van der Waals surface area (Å²) in [7, 11) is 0. The molecular weight excluding hydrogens is 349 g/mol. The average molecular weight is 363 g/mol. The molecule has 0 unspecified atom stereocenters. The summed E-state index contributed by atoms with van der Waals surface area (Å²) >= 11 is 3.48. The number of anilines is 1. The number of nitrogens with zero attached hydrogens (tertiary/aromatic N) is 4. The summed E-state index contributed by atoms with van der Waals surface area (Å²) < 4.78 is 39.6. The van der Waals surface area contributed by atoms with Crippen LogP contribution in [-0.4, -0.2) is 33.0 Å². The van der Waals surface area contributed by atoms with Gasteiger partial charge in [-0.3, -0.25) is 0 Å². The van der Waals surface area contributed by atoms with E-state index in [4.69, 9.17) is 0 Å². The van der Waals surface area contributed by atoms with Crippen molar-refractivity contribution in [2.24, 2.45) is 5.92 Å². The van der Waals surface area contributed by atoms with Gasteiger partial charge in [0.2, 0.25) is 0 Å². The van der Waals surface area contributed by atoms with Crippen LogP contribution in [0.25, 0.3) is 5.52 Å². The SMILES string of the molecule is FC(F)(F)c1cc2c(N3CCC(CBr)CC3)nccn2n1. The standard InChI is InChI=1S/C13H14BrF3N4/c14-8-9-1-4-20(5-2-9)12-10-7-11(13(15,16)17)19-21(10)6-3-18-12/h3,6-7,9H,1-2,4-5,8H2. The second-order valence-corrected chi connectivity index (χ2v) is 5.84. The average Bonchev–Trinajstić information content (AvgIpc) is 2.91. The highest BCUT2D eigenvalue weighted by Crippen LogP contribution is 2.32. The fraction of sp³-hybridized carbons (Fsp3) is 0.538. The number of fused-ring (bicyclic) bond motifs is 1. The third-order valence-corrected chi connectivity index (χ3v) is 4.71. The first-order valence-electron chi connectivity index (χ1n) is 6.71. The van der Waals surface area contributed by atoms with Crippen LogP contribution in [0.5, 0.6) is 0 Å². The summed E-state index contributed by atoms with van der Waals surface area (Å²) in [5.41, 5.74) is -0.478. The molecule has 0 radical (unpaired) electrons. The van der Waals surface area contributed by atoms with Crippen LogP contribution >= 0.6 is 15.9 Å². The zero-order chi connectivity index (χ0) is 15.0. The Bertz CT molecular complexity index is 632. The van der Waals surface area contributed by atoms with Crippen molar-refractivity contribution in [2.75, 3.05) is 23.3 Å². The summed E-state index contributed by atoms with van der Waals surface area (Å²) in [5.74, 6) is 1.20. The van der Waals surface area contributed by atoms with Crippen molar-refractivity contribution < 1.29 is 13.2 Å². The molecule has 0 N–H and O–H groups in total. The van der Waals surface area contributed by atoms with Gasteiger partial charge in [-0.2, -0.15) is 18.3 Å². The van der Waals surface area contributed by atoms with Crippen molar-refractivity contribution in [3.05, 3.63) is 24.2 Å². The lowest BCUT2D eigenvalue weighted by Gasteiger charge is -2.32. The lowest BCUT2D eigenvalue weighted by Crippen LogP contribution is -2.34. The Hall–Kier alpha value is -1.31. The van der Waals surface area contributed by atoms with Gasteiger partial charge in [-0.1, -0.05) is 15.9 Å². The first kappa shape index (κ1) is 14.6. The topological polar surface area (TPSA) is 33.4 Å². The number of hydrogen-bond acceptors (Lipinski definition) is 3. The van der Waals surface area contributed by atoms with Gasteiger partial charge in [0.25, 0.3) is 0 Å². The summed E-state index contributed by atoms with van der Waals surface area (Å²) in [4.78, 5) is 6.30. The van der Waals surface area contributed by atoms with Gasteiger partial charge in [0.05, 0.1) is 0 Å². The predicted octanol–water partition coefficient (Wildman–Crippen LogP) is 3.36. The molecule has 1 aliphatic heterocycles. The molecule has 0 spiro atoms. The third kappa shape index (κ3) is 2.86. The van der Waals surface area contributed by atoms with Crippen LogP contribution in [0.4, 0.5) is 19.0 Å². The van der Waals surface area contributed by atoms with Crippen LogP contribution in [0.3, 0.4) is 0 Å². The Labute approximate surface area is 128 Å². The van der Waals surface area contributed by atoms with Gasteiger partial charge in [0, 0.05) is 36.9 Å². The Morgan fingerprint density at radius 1 is 1.29 bits per heavy atom. The van der Waals surface area contributed by atoms with E-state index in [-0.39, 0.29) is 0 Å². The van der Waals surface area contributed by atoms with Crippen LogP contribution in [0, 0.1) is 5.92 Å². The van der Waals surface area contributed by atoms with Gasteiger partial charge < -0.3 is 4.90 Å². The molecule has 3 heterocycles. The molecule has 1 aliphatic rings. The molecule has 0 aliphatic carbocycles. The minimum absolute atomic E-state index is 0.405. The normalized spacial score (nSPS) is 17.6. The summed E-state index contributed by atoms with van der Waals surface area (Å²) in [6, 6.07) is 1.07. The maximum atomic E-state index is 12.8. The van der Waals surface area contributed by atoms with Crippen molar-refractivity contribution in [1.82, 2.24) is 14.6 Å². The molecule has 114 valence electrons. The zero-order valence-corrected chi connectivity index (χ0v) is 12.7. The van der Waals surface area contributed by atoms with Crippen LogP contribution in [-0.2, 0) is 6.18 Å². The minimum Gasteiger partial charge on any atom is -0.355 e. The highest BCUT2D eigenvalue weighted by atomic mass is 79.9. The molecule has 0 aromatic carbocycles. The molecule has 0 bridgehead atoms. The lowest BCUT2D eigenvalue weighted by atomic mass is 9.99. The maximum Gasteiger partial charge on any atom is 0.435 e. The number of piperidine rings is 1. The van der Waals surface area contributed by atoms with Gasteiger partial charge in [0.1, 0.15) is 5.52 Å². The number of aromatic nitrogens is 3.